The van der Waals surface area contributed by atoms with Crippen LogP contribution in [0.2, 0.25) is 0 Å². The van der Waals surface area contributed by atoms with Gasteiger partial charge in [0.2, 0.25) is 5.91 Å². The number of carbonyl (C=O) groups excluding carboxylic acids is 1. The van der Waals surface area contributed by atoms with Crippen molar-refractivity contribution in [2.75, 3.05) is 12.8 Å². The Bertz CT molecular complexity index is 363. The third-order valence-electron chi connectivity index (χ3n) is 2.01. The van der Waals surface area contributed by atoms with Gasteiger partial charge in [-0.25, -0.2) is 13.2 Å². The first kappa shape index (κ1) is 14.8. The van der Waals surface area contributed by atoms with Gasteiger partial charge in [0.05, 0.1) is 0 Å². The van der Waals surface area contributed by atoms with Crippen LogP contribution in [0.4, 0.5) is 0 Å². The predicted octanol–water partition coefficient (Wildman–Crippen LogP) is -1.63. The van der Waals surface area contributed by atoms with Crippen LogP contribution in [0.1, 0.15) is 13.3 Å². The summed E-state index contributed by atoms with van der Waals surface area (Å²) in [5, 5.41) is 18.2. The van der Waals surface area contributed by atoms with E-state index in [1.165, 1.54) is 6.92 Å². The molecule has 94 valence electrons. The Morgan fingerprint density at radius 1 is 1.38 bits per heavy atom. The number of carboxylic acids is 1. The van der Waals surface area contributed by atoms with Gasteiger partial charge in [-0.1, -0.05) is 0 Å². The second-order valence-electron chi connectivity index (χ2n) is 3.41. The molecule has 0 aliphatic heterocycles. The highest BCUT2D eigenvalue weighted by molar-refractivity contribution is 7.92. The zero-order chi connectivity index (χ0) is 12.9. The molecule has 0 aliphatic rings. The van der Waals surface area contributed by atoms with Crippen molar-refractivity contribution in [1.29, 1.82) is 0 Å². The largest absolute Gasteiger partial charge is 0.479 e. The van der Waals surface area contributed by atoms with Crippen LogP contribution < -0.4 is 5.32 Å². The van der Waals surface area contributed by atoms with E-state index < -0.39 is 33.1 Å². The van der Waals surface area contributed by atoms with Gasteiger partial charge in [0.15, 0.2) is 15.9 Å². The third kappa shape index (κ3) is 5.08. The molecule has 0 aromatic rings. The maximum absolute atomic E-state index is 11.2. The molecule has 0 aliphatic carbocycles. The Kier molecular flexibility index (Phi) is 5.39. The van der Waals surface area contributed by atoms with Gasteiger partial charge >= 0.3 is 5.97 Å². The van der Waals surface area contributed by atoms with Gasteiger partial charge in [0.25, 0.3) is 0 Å². The number of aliphatic carboxylic acids is 1. The monoisotopic (exact) mass is 253 g/mol. The Morgan fingerprint density at radius 2 is 1.88 bits per heavy atom. The van der Waals surface area contributed by atoms with E-state index in [0.29, 0.717) is 0 Å². The molecule has 2 atom stereocenters. The van der Waals surface area contributed by atoms with Gasteiger partial charge < -0.3 is 15.5 Å². The molecule has 0 bridgehead atoms. The Labute approximate surface area is 93.4 Å². The van der Waals surface area contributed by atoms with Crippen molar-refractivity contribution in [3.63, 3.8) is 0 Å². The van der Waals surface area contributed by atoms with Gasteiger partial charge in [0.1, 0.15) is 5.25 Å². The van der Waals surface area contributed by atoms with E-state index in [2.05, 4.69) is 5.32 Å². The van der Waals surface area contributed by atoms with Crippen molar-refractivity contribution < 1.29 is 28.2 Å². The number of hydrogen-bond acceptors (Lipinski definition) is 5. The standard InChI is InChI=1S/C8H15NO6S/c1-5(16(2,14)15)7(11)9-4-3-6(10)8(12)13/h5-6,10H,3-4H2,1-2H3,(H,9,11)(H,12,13). The molecular weight excluding hydrogens is 238 g/mol. The molecule has 0 heterocycles. The van der Waals surface area contributed by atoms with E-state index in [4.69, 9.17) is 10.2 Å². The Balaban J connectivity index is 4.06. The van der Waals surface area contributed by atoms with Crippen molar-refractivity contribution in [3.8, 4) is 0 Å². The van der Waals surface area contributed by atoms with Crippen LogP contribution in [0.3, 0.4) is 0 Å². The summed E-state index contributed by atoms with van der Waals surface area (Å²) in [5.41, 5.74) is 0. The summed E-state index contributed by atoms with van der Waals surface area (Å²) in [6.07, 6.45) is -0.796. The molecule has 0 saturated heterocycles. The molecule has 16 heavy (non-hydrogen) atoms. The number of aliphatic hydroxyl groups excluding tert-OH is 1. The van der Waals surface area contributed by atoms with E-state index in [9.17, 15) is 18.0 Å². The molecule has 2 unspecified atom stereocenters. The fourth-order valence-corrected chi connectivity index (χ4v) is 1.27. The predicted molar refractivity (Wildman–Crippen MR) is 55.6 cm³/mol. The molecule has 0 spiro atoms. The zero-order valence-electron chi connectivity index (χ0n) is 9.00. The van der Waals surface area contributed by atoms with Gasteiger partial charge in [-0.2, -0.15) is 0 Å². The first-order valence-electron chi connectivity index (χ1n) is 4.53. The van der Waals surface area contributed by atoms with Crippen molar-refractivity contribution in [2.45, 2.75) is 24.7 Å². The molecular formula is C8H15NO6S. The third-order valence-corrected chi connectivity index (χ3v) is 3.51. The van der Waals surface area contributed by atoms with E-state index >= 15 is 0 Å². The molecule has 7 nitrogen and oxygen atoms in total. The maximum atomic E-state index is 11.2. The average Bonchev–Trinajstić information content (AvgIpc) is 2.14. The van der Waals surface area contributed by atoms with Gasteiger partial charge in [0, 0.05) is 19.2 Å². The first-order chi connectivity index (χ1) is 7.16. The molecule has 0 aromatic heterocycles. The van der Waals surface area contributed by atoms with Crippen molar-refractivity contribution in [1.82, 2.24) is 5.32 Å². The van der Waals surface area contributed by atoms with Crippen LogP contribution in [0.15, 0.2) is 0 Å². The van der Waals surface area contributed by atoms with Crippen LogP contribution in [-0.4, -0.2) is 54.7 Å². The highest BCUT2D eigenvalue weighted by Gasteiger charge is 2.23. The molecule has 0 radical (unpaired) electrons. The van der Waals surface area contributed by atoms with Crippen LogP contribution in [-0.2, 0) is 19.4 Å². The number of amides is 1. The highest BCUT2D eigenvalue weighted by atomic mass is 32.2. The smallest absolute Gasteiger partial charge is 0.332 e. The zero-order valence-corrected chi connectivity index (χ0v) is 9.82. The number of hydrogen-bond donors (Lipinski definition) is 3. The topological polar surface area (TPSA) is 121 Å². The van der Waals surface area contributed by atoms with Crippen molar-refractivity contribution >= 4 is 21.7 Å². The number of carbonyl (C=O) groups is 2. The summed E-state index contributed by atoms with van der Waals surface area (Å²) in [6, 6.07) is 0. The van der Waals surface area contributed by atoms with E-state index in [1.807, 2.05) is 0 Å². The summed E-state index contributed by atoms with van der Waals surface area (Å²) in [5.74, 6) is -2.09. The summed E-state index contributed by atoms with van der Waals surface area (Å²) in [4.78, 5) is 21.4. The summed E-state index contributed by atoms with van der Waals surface area (Å²) < 4.78 is 21.9. The summed E-state index contributed by atoms with van der Waals surface area (Å²) in [7, 11) is -3.46. The van der Waals surface area contributed by atoms with Gasteiger partial charge in [-0.3, -0.25) is 4.79 Å². The SMILES string of the molecule is CC(C(=O)NCCC(O)C(=O)O)S(C)(=O)=O. The summed E-state index contributed by atoms with van der Waals surface area (Å²) >= 11 is 0. The maximum Gasteiger partial charge on any atom is 0.332 e. The molecule has 3 N–H and O–H groups in total. The first-order valence-corrected chi connectivity index (χ1v) is 6.49. The minimum Gasteiger partial charge on any atom is -0.479 e. The van der Waals surface area contributed by atoms with Gasteiger partial charge in [-0.05, 0) is 6.92 Å². The number of rotatable bonds is 6. The molecule has 0 saturated carbocycles. The molecule has 0 fully saturated rings. The Morgan fingerprint density at radius 3 is 2.25 bits per heavy atom. The lowest BCUT2D eigenvalue weighted by Gasteiger charge is -2.11. The van der Waals surface area contributed by atoms with Gasteiger partial charge in [-0.15, -0.1) is 0 Å². The summed E-state index contributed by atoms with van der Waals surface area (Å²) in [6.45, 7) is 1.14. The molecule has 8 heteroatoms. The average molecular weight is 253 g/mol. The quantitative estimate of drug-likeness (QED) is 0.522. The fraction of sp³-hybridized carbons (Fsp3) is 0.750. The minimum absolute atomic E-state index is 0.0911. The molecule has 0 aromatic carbocycles. The van der Waals surface area contributed by atoms with Crippen LogP contribution in [0, 0.1) is 0 Å². The number of aliphatic hydroxyl groups is 1. The lowest BCUT2D eigenvalue weighted by molar-refractivity contribution is -0.147. The van der Waals surface area contributed by atoms with Crippen molar-refractivity contribution in [2.24, 2.45) is 0 Å². The second kappa shape index (κ2) is 5.80. The van der Waals surface area contributed by atoms with Crippen LogP contribution >= 0.6 is 0 Å². The van der Waals surface area contributed by atoms with Crippen LogP contribution in [0.25, 0.3) is 0 Å². The van der Waals surface area contributed by atoms with E-state index in [0.717, 1.165) is 6.26 Å². The van der Waals surface area contributed by atoms with E-state index in [1.54, 1.807) is 0 Å². The van der Waals surface area contributed by atoms with Crippen LogP contribution in [0.5, 0.6) is 0 Å². The fourth-order valence-electron chi connectivity index (χ4n) is 0.794. The minimum atomic E-state index is -3.46. The highest BCUT2D eigenvalue weighted by Crippen LogP contribution is 1.98. The van der Waals surface area contributed by atoms with Crippen molar-refractivity contribution in [3.05, 3.63) is 0 Å². The lowest BCUT2D eigenvalue weighted by atomic mass is 10.2. The number of carboxylic acid groups (broad SMARTS) is 1. The lowest BCUT2D eigenvalue weighted by Crippen LogP contribution is -2.39. The molecule has 1 amide bonds. The second-order valence-corrected chi connectivity index (χ2v) is 5.77. The molecule has 0 rings (SSSR count). The number of sulfone groups is 1. The number of nitrogens with one attached hydrogen (secondary N) is 1. The Hall–Kier alpha value is -1.15. The normalized spacial score (nSPS) is 15.2. The van der Waals surface area contributed by atoms with E-state index in [-0.39, 0.29) is 13.0 Å².